The number of hydrogen-bond acceptors (Lipinski definition) is 3. The molecule has 104 valence electrons. The number of carbonyl (C=O) groups is 1. The highest BCUT2D eigenvalue weighted by Gasteiger charge is 2.25. The molecule has 1 aliphatic heterocycles. The molecule has 2 heterocycles. The molecule has 2 aromatic rings. The summed E-state index contributed by atoms with van der Waals surface area (Å²) in [5.74, 6) is -0.0861. The van der Waals surface area contributed by atoms with E-state index in [0.29, 0.717) is 23.7 Å². The summed E-state index contributed by atoms with van der Waals surface area (Å²) in [5.41, 5.74) is 2.66. The van der Waals surface area contributed by atoms with Crippen molar-refractivity contribution in [3.63, 3.8) is 0 Å². The van der Waals surface area contributed by atoms with Gasteiger partial charge >= 0.3 is 0 Å². The minimum absolute atomic E-state index is 0.0861. The number of aromatic amines is 1. The maximum absolute atomic E-state index is 12.2. The number of hydrogen-bond donors (Lipinski definition) is 3. The summed E-state index contributed by atoms with van der Waals surface area (Å²) in [5, 5.41) is 6.60. The molecule has 5 nitrogen and oxygen atoms in total. The quantitative estimate of drug-likeness (QED) is 0.775. The minimum atomic E-state index is -0.284. The lowest BCUT2D eigenvalue weighted by atomic mass is 10.0. The lowest BCUT2D eigenvalue weighted by molar-refractivity contribution is -0.118. The van der Waals surface area contributed by atoms with Gasteiger partial charge in [0.25, 0.3) is 0 Å². The number of aromatic nitrogens is 2. The first kappa shape index (κ1) is 13.6. The van der Waals surface area contributed by atoms with Gasteiger partial charge in [0.15, 0.2) is 0 Å². The van der Waals surface area contributed by atoms with Gasteiger partial charge in [-0.05, 0) is 34.1 Å². The summed E-state index contributed by atoms with van der Waals surface area (Å²) >= 11 is 9.32. The summed E-state index contributed by atoms with van der Waals surface area (Å²) in [4.78, 5) is 19.5. The third-order valence-electron chi connectivity index (χ3n) is 3.23. The fraction of sp³-hybridized carbons (Fsp3) is 0.231. The van der Waals surface area contributed by atoms with E-state index in [1.54, 1.807) is 24.5 Å². The molecule has 1 aliphatic rings. The zero-order chi connectivity index (χ0) is 14.1. The number of carbonyl (C=O) groups excluding carboxylic acids is 1. The van der Waals surface area contributed by atoms with Crippen molar-refractivity contribution in [2.24, 2.45) is 0 Å². The first-order valence-corrected chi connectivity index (χ1v) is 7.31. The molecular weight excluding hydrogens is 344 g/mol. The van der Waals surface area contributed by atoms with E-state index in [2.05, 4.69) is 36.5 Å². The molecule has 1 atom stereocenters. The van der Waals surface area contributed by atoms with E-state index in [9.17, 15) is 4.79 Å². The summed E-state index contributed by atoms with van der Waals surface area (Å²) in [6, 6.07) is 5.04. The summed E-state index contributed by atoms with van der Waals surface area (Å²) in [7, 11) is 0. The predicted octanol–water partition coefficient (Wildman–Crippen LogP) is 2.48. The van der Waals surface area contributed by atoms with E-state index in [4.69, 9.17) is 11.6 Å². The van der Waals surface area contributed by atoms with Crippen molar-refractivity contribution in [3.8, 4) is 0 Å². The summed E-state index contributed by atoms with van der Waals surface area (Å²) in [6.07, 6.45) is 2.23. The number of fused-ring (bicyclic) bond motifs is 1. The highest BCUT2D eigenvalue weighted by Crippen LogP contribution is 2.25. The highest BCUT2D eigenvalue weighted by atomic mass is 79.9. The van der Waals surface area contributed by atoms with E-state index in [1.165, 1.54) is 0 Å². The molecule has 0 saturated heterocycles. The number of H-pyrrole nitrogens is 1. The number of benzene rings is 1. The summed E-state index contributed by atoms with van der Waals surface area (Å²) < 4.78 is 0.800. The fourth-order valence-electron chi connectivity index (χ4n) is 2.16. The molecule has 1 aromatic heterocycles. The monoisotopic (exact) mass is 354 g/mol. The average Bonchev–Trinajstić information content (AvgIpc) is 2.90. The SMILES string of the molecule is O=C(Nc1ccc(Br)c(Cl)c1)C1Cc2nc[nH]c2CN1. The lowest BCUT2D eigenvalue weighted by Gasteiger charge is -2.22. The Labute approximate surface area is 129 Å². The molecule has 1 unspecified atom stereocenters. The van der Waals surface area contributed by atoms with Crippen LogP contribution < -0.4 is 10.6 Å². The smallest absolute Gasteiger partial charge is 0.241 e. The Morgan fingerprint density at radius 2 is 2.35 bits per heavy atom. The largest absolute Gasteiger partial charge is 0.347 e. The van der Waals surface area contributed by atoms with Crippen molar-refractivity contribution in [2.75, 3.05) is 5.32 Å². The van der Waals surface area contributed by atoms with Crippen molar-refractivity contribution in [1.82, 2.24) is 15.3 Å². The van der Waals surface area contributed by atoms with Crippen LogP contribution in [0.1, 0.15) is 11.4 Å². The topological polar surface area (TPSA) is 69.8 Å². The Balaban J connectivity index is 1.69. The lowest BCUT2D eigenvalue weighted by Crippen LogP contribution is -2.44. The van der Waals surface area contributed by atoms with Gasteiger partial charge in [-0.2, -0.15) is 0 Å². The van der Waals surface area contributed by atoms with Gasteiger partial charge in [-0.3, -0.25) is 10.1 Å². The molecule has 1 amide bonds. The number of halogens is 2. The number of amides is 1. The molecule has 0 saturated carbocycles. The molecule has 0 bridgehead atoms. The van der Waals surface area contributed by atoms with Crippen LogP contribution in [0, 0.1) is 0 Å². The fourth-order valence-corrected chi connectivity index (χ4v) is 2.58. The van der Waals surface area contributed by atoms with Crippen molar-refractivity contribution in [3.05, 3.63) is 45.4 Å². The highest BCUT2D eigenvalue weighted by molar-refractivity contribution is 9.10. The third-order valence-corrected chi connectivity index (χ3v) is 4.47. The standard InChI is InChI=1S/C13H12BrClN4O/c14-8-2-1-7(3-9(8)15)19-13(20)11-4-10-12(5-16-11)18-6-17-10/h1-3,6,11,16H,4-5H2,(H,17,18)(H,19,20). The van der Waals surface area contributed by atoms with Crippen LogP contribution >= 0.6 is 27.5 Å². The van der Waals surface area contributed by atoms with Gasteiger partial charge in [0.2, 0.25) is 5.91 Å². The Hall–Kier alpha value is -1.37. The second-order valence-corrected chi connectivity index (χ2v) is 5.85. The predicted molar refractivity (Wildman–Crippen MR) is 80.7 cm³/mol. The molecule has 0 fully saturated rings. The van der Waals surface area contributed by atoms with Crippen LogP contribution in [0.3, 0.4) is 0 Å². The van der Waals surface area contributed by atoms with Crippen molar-refractivity contribution < 1.29 is 4.79 Å². The first-order chi connectivity index (χ1) is 9.63. The number of imidazole rings is 1. The molecule has 0 spiro atoms. The van der Waals surface area contributed by atoms with E-state index in [0.717, 1.165) is 15.9 Å². The maximum Gasteiger partial charge on any atom is 0.241 e. The van der Waals surface area contributed by atoms with Crippen molar-refractivity contribution in [2.45, 2.75) is 19.0 Å². The molecule has 1 aromatic carbocycles. The van der Waals surface area contributed by atoms with Gasteiger partial charge in [-0.25, -0.2) is 4.98 Å². The number of nitrogens with one attached hydrogen (secondary N) is 3. The Morgan fingerprint density at radius 3 is 3.15 bits per heavy atom. The van der Waals surface area contributed by atoms with Crippen LogP contribution in [0.2, 0.25) is 5.02 Å². The third kappa shape index (κ3) is 2.72. The Bertz CT molecular complexity index is 658. The van der Waals surface area contributed by atoms with Crippen molar-refractivity contribution in [1.29, 1.82) is 0 Å². The summed E-state index contributed by atoms with van der Waals surface area (Å²) in [6.45, 7) is 0.620. The van der Waals surface area contributed by atoms with Crippen LogP contribution in [0.25, 0.3) is 0 Å². The van der Waals surface area contributed by atoms with E-state index in [-0.39, 0.29) is 11.9 Å². The van der Waals surface area contributed by atoms with Gasteiger partial charge in [0.05, 0.1) is 28.8 Å². The molecule has 0 radical (unpaired) electrons. The van der Waals surface area contributed by atoms with Gasteiger partial charge in [0, 0.05) is 23.1 Å². The number of nitrogens with zero attached hydrogens (tertiary/aromatic N) is 1. The van der Waals surface area contributed by atoms with Crippen LogP contribution in [-0.4, -0.2) is 21.9 Å². The second kappa shape index (κ2) is 5.55. The maximum atomic E-state index is 12.2. The van der Waals surface area contributed by atoms with E-state index >= 15 is 0 Å². The average molecular weight is 356 g/mol. The second-order valence-electron chi connectivity index (χ2n) is 4.58. The minimum Gasteiger partial charge on any atom is -0.347 e. The molecular formula is C13H12BrClN4O. The molecule has 3 rings (SSSR count). The van der Waals surface area contributed by atoms with Crippen LogP contribution in [0.4, 0.5) is 5.69 Å². The zero-order valence-electron chi connectivity index (χ0n) is 10.4. The Kier molecular flexibility index (Phi) is 3.78. The van der Waals surface area contributed by atoms with Crippen molar-refractivity contribution >= 4 is 39.1 Å². The molecule has 0 aliphatic carbocycles. The van der Waals surface area contributed by atoms with Gasteiger partial charge < -0.3 is 10.3 Å². The molecule has 7 heteroatoms. The Morgan fingerprint density at radius 1 is 1.50 bits per heavy atom. The van der Waals surface area contributed by atoms with Gasteiger partial charge in [-0.15, -0.1) is 0 Å². The van der Waals surface area contributed by atoms with Crippen LogP contribution in [0.15, 0.2) is 29.0 Å². The van der Waals surface area contributed by atoms with Crippen LogP contribution in [0.5, 0.6) is 0 Å². The number of rotatable bonds is 2. The molecule has 3 N–H and O–H groups in total. The van der Waals surface area contributed by atoms with Crippen LogP contribution in [-0.2, 0) is 17.8 Å². The zero-order valence-corrected chi connectivity index (χ0v) is 12.8. The normalized spacial score (nSPS) is 17.6. The number of anilines is 1. The van der Waals surface area contributed by atoms with E-state index < -0.39 is 0 Å². The molecule has 20 heavy (non-hydrogen) atoms. The van der Waals surface area contributed by atoms with E-state index in [1.807, 2.05) is 0 Å². The van der Waals surface area contributed by atoms with Gasteiger partial charge in [0.1, 0.15) is 0 Å². The van der Waals surface area contributed by atoms with Gasteiger partial charge in [-0.1, -0.05) is 11.6 Å². The first-order valence-electron chi connectivity index (χ1n) is 6.14.